The third kappa shape index (κ3) is 16.3. The number of unbranched alkanes of at least 4 members (excludes halogenated alkanes) is 5. The molecule has 0 aromatic heterocycles. The maximum atomic E-state index is 14.8. The molecule has 0 radical (unpaired) electrons. The van der Waals surface area contributed by atoms with Gasteiger partial charge in [-0.3, -0.25) is 14.4 Å². The van der Waals surface area contributed by atoms with Gasteiger partial charge in [-0.2, -0.15) is 0 Å². The van der Waals surface area contributed by atoms with Crippen LogP contribution in [0.1, 0.15) is 128 Å². The number of nitrogens with one attached hydrogen (secondary N) is 2. The number of hydrogen-bond donors (Lipinski definition) is 3. The van der Waals surface area contributed by atoms with Crippen molar-refractivity contribution in [1.82, 2.24) is 15.5 Å². The minimum atomic E-state index is -1.23. The Kier molecular flexibility index (Phi) is 17.3. The van der Waals surface area contributed by atoms with Gasteiger partial charge in [-0.25, -0.2) is 9.59 Å². The van der Waals surface area contributed by atoms with E-state index >= 15 is 0 Å². The number of nitrogens with zero attached hydrogens (tertiary/aromatic N) is 1. The van der Waals surface area contributed by atoms with Gasteiger partial charge in [0.15, 0.2) is 0 Å². The van der Waals surface area contributed by atoms with E-state index in [4.69, 9.17) is 15.2 Å². The van der Waals surface area contributed by atoms with Crippen molar-refractivity contribution in [3.63, 3.8) is 0 Å². The quantitative estimate of drug-likeness (QED) is 0.107. The summed E-state index contributed by atoms with van der Waals surface area (Å²) in [6, 6.07) is 11.5. The van der Waals surface area contributed by atoms with E-state index in [1.165, 1.54) is 4.90 Å². The number of rotatable bonds is 19. The highest BCUT2D eigenvalue weighted by Gasteiger charge is 2.38. The number of alkyl carbamates (subject to hydrolysis) is 1. The molecule has 0 saturated carbocycles. The van der Waals surface area contributed by atoms with Crippen LogP contribution in [0.2, 0.25) is 0 Å². The van der Waals surface area contributed by atoms with E-state index in [1.54, 1.807) is 41.5 Å². The lowest BCUT2D eigenvalue weighted by atomic mass is 9.96. The van der Waals surface area contributed by atoms with Crippen molar-refractivity contribution in [3.05, 3.63) is 70.8 Å². The second kappa shape index (κ2) is 20.6. The third-order valence-corrected chi connectivity index (χ3v) is 8.11. The standard InChI is InChI=1S/C41H62N4O7/c1-10-11-12-13-14-18-23-45(37(48)32(21-22-34(42)46)44-39(50)52-41(7,8)9)35(31-25-28(2)24-29(3)26-31)36(47)43-33(38(49)51-40(4,5)6)27-30-19-16-15-17-20-30/h15-17,19-20,24-26,32-33,35H,10-14,18,21-23,27H2,1-9H3,(H2,42,46)(H,43,47)(H,44,50). The predicted octanol–water partition coefficient (Wildman–Crippen LogP) is 6.76. The molecule has 0 heterocycles. The van der Waals surface area contributed by atoms with Gasteiger partial charge in [-0.05, 0) is 79.4 Å². The fourth-order valence-electron chi connectivity index (χ4n) is 5.93. The molecule has 4 amide bonds. The van der Waals surface area contributed by atoms with Crippen LogP contribution in [0.4, 0.5) is 4.79 Å². The van der Waals surface area contributed by atoms with Crippen LogP contribution in [-0.4, -0.2) is 64.5 Å². The average Bonchev–Trinajstić information content (AvgIpc) is 3.01. The van der Waals surface area contributed by atoms with Crippen LogP contribution < -0.4 is 16.4 Å². The normalized spacial score (nSPS) is 13.3. The lowest BCUT2D eigenvalue weighted by molar-refractivity contribution is -0.159. The van der Waals surface area contributed by atoms with Crippen LogP contribution in [0.25, 0.3) is 0 Å². The van der Waals surface area contributed by atoms with Crippen LogP contribution in [0.5, 0.6) is 0 Å². The average molecular weight is 723 g/mol. The van der Waals surface area contributed by atoms with E-state index in [9.17, 15) is 24.0 Å². The summed E-state index contributed by atoms with van der Waals surface area (Å²) in [6.07, 6.45) is 4.61. The fraction of sp³-hybridized carbons (Fsp3) is 0.585. The van der Waals surface area contributed by atoms with Crippen molar-refractivity contribution in [2.24, 2.45) is 5.73 Å². The number of aryl methyl sites for hydroxylation is 2. The molecule has 2 aromatic rings. The molecule has 52 heavy (non-hydrogen) atoms. The molecule has 0 bridgehead atoms. The molecule has 0 spiro atoms. The molecule has 2 aromatic carbocycles. The summed E-state index contributed by atoms with van der Waals surface area (Å²) in [4.78, 5) is 69.5. The Hall–Kier alpha value is -4.41. The van der Waals surface area contributed by atoms with Crippen LogP contribution in [0.3, 0.4) is 0 Å². The highest BCUT2D eigenvalue weighted by molar-refractivity contribution is 5.94. The largest absolute Gasteiger partial charge is 0.458 e. The Morgan fingerprint density at radius 3 is 1.90 bits per heavy atom. The number of carbonyl (C=O) groups is 5. The highest BCUT2D eigenvalue weighted by Crippen LogP contribution is 2.27. The fourth-order valence-corrected chi connectivity index (χ4v) is 5.93. The van der Waals surface area contributed by atoms with E-state index in [0.29, 0.717) is 12.0 Å². The molecule has 0 aliphatic carbocycles. The highest BCUT2D eigenvalue weighted by atomic mass is 16.6. The van der Waals surface area contributed by atoms with Gasteiger partial charge in [0.05, 0.1) is 0 Å². The van der Waals surface area contributed by atoms with Crippen molar-refractivity contribution in [3.8, 4) is 0 Å². The number of esters is 1. The summed E-state index contributed by atoms with van der Waals surface area (Å²) in [5, 5.41) is 5.59. The van der Waals surface area contributed by atoms with Gasteiger partial charge in [0.1, 0.15) is 29.3 Å². The molecule has 11 nitrogen and oxygen atoms in total. The summed E-state index contributed by atoms with van der Waals surface area (Å²) in [5.41, 5.74) is 6.95. The van der Waals surface area contributed by atoms with Crippen molar-refractivity contribution in [2.75, 3.05) is 6.54 Å². The Bertz CT molecular complexity index is 1460. The first-order valence-electron chi connectivity index (χ1n) is 18.5. The summed E-state index contributed by atoms with van der Waals surface area (Å²) in [6.45, 7) is 16.5. The van der Waals surface area contributed by atoms with E-state index in [2.05, 4.69) is 17.6 Å². The van der Waals surface area contributed by atoms with Crippen molar-refractivity contribution in [1.29, 1.82) is 0 Å². The molecule has 288 valence electrons. The number of benzene rings is 2. The Morgan fingerprint density at radius 1 is 0.769 bits per heavy atom. The van der Waals surface area contributed by atoms with Gasteiger partial charge >= 0.3 is 12.1 Å². The minimum absolute atomic E-state index is 0.101. The van der Waals surface area contributed by atoms with Crippen LogP contribution >= 0.6 is 0 Å². The number of ether oxygens (including phenoxy) is 2. The first kappa shape index (κ1) is 43.8. The summed E-state index contributed by atoms with van der Waals surface area (Å²) in [5.74, 6) is -2.40. The smallest absolute Gasteiger partial charge is 0.408 e. The number of primary amides is 1. The van der Waals surface area contributed by atoms with Crippen molar-refractivity contribution < 1.29 is 33.4 Å². The first-order valence-corrected chi connectivity index (χ1v) is 18.5. The van der Waals surface area contributed by atoms with Crippen molar-refractivity contribution in [2.45, 2.75) is 149 Å². The minimum Gasteiger partial charge on any atom is -0.458 e. The van der Waals surface area contributed by atoms with Gasteiger partial charge in [0.25, 0.3) is 0 Å². The van der Waals surface area contributed by atoms with E-state index < -0.39 is 59.1 Å². The molecule has 0 aliphatic rings. The monoisotopic (exact) mass is 722 g/mol. The number of nitrogens with two attached hydrogens (primary N) is 1. The van der Waals surface area contributed by atoms with Crippen LogP contribution in [0, 0.1) is 13.8 Å². The third-order valence-electron chi connectivity index (χ3n) is 8.11. The Morgan fingerprint density at radius 2 is 1.35 bits per heavy atom. The zero-order valence-electron chi connectivity index (χ0n) is 32.8. The molecule has 3 atom stereocenters. The van der Waals surface area contributed by atoms with Crippen LogP contribution in [-0.2, 0) is 35.1 Å². The molecule has 0 fully saturated rings. The lowest BCUT2D eigenvalue weighted by Crippen LogP contribution is -2.55. The summed E-state index contributed by atoms with van der Waals surface area (Å²) < 4.78 is 11.2. The second-order valence-electron chi connectivity index (χ2n) is 15.6. The molecule has 0 aliphatic heterocycles. The molecular weight excluding hydrogens is 660 g/mol. The maximum Gasteiger partial charge on any atom is 0.408 e. The topological polar surface area (TPSA) is 157 Å². The Labute approximate surface area is 310 Å². The van der Waals surface area contributed by atoms with Crippen molar-refractivity contribution >= 4 is 29.8 Å². The molecule has 3 unspecified atom stereocenters. The number of amides is 4. The van der Waals surface area contributed by atoms with Gasteiger partial charge in [0.2, 0.25) is 17.7 Å². The molecule has 2 rings (SSSR count). The van der Waals surface area contributed by atoms with Gasteiger partial charge in [-0.1, -0.05) is 98.7 Å². The molecular formula is C41H62N4O7. The number of carbonyl (C=O) groups excluding carboxylic acids is 5. The zero-order valence-corrected chi connectivity index (χ0v) is 32.8. The second-order valence-corrected chi connectivity index (χ2v) is 15.6. The van der Waals surface area contributed by atoms with Crippen LogP contribution in [0.15, 0.2) is 48.5 Å². The molecule has 4 N–H and O–H groups in total. The maximum absolute atomic E-state index is 14.8. The summed E-state index contributed by atoms with van der Waals surface area (Å²) >= 11 is 0. The van der Waals surface area contributed by atoms with E-state index in [0.717, 1.165) is 48.8 Å². The van der Waals surface area contributed by atoms with Gasteiger partial charge in [0, 0.05) is 19.4 Å². The number of hydrogen-bond acceptors (Lipinski definition) is 7. The first-order chi connectivity index (χ1) is 24.3. The lowest BCUT2D eigenvalue weighted by Gasteiger charge is -2.35. The summed E-state index contributed by atoms with van der Waals surface area (Å²) in [7, 11) is 0. The van der Waals surface area contributed by atoms with Gasteiger partial charge in [-0.15, -0.1) is 0 Å². The van der Waals surface area contributed by atoms with Gasteiger partial charge < -0.3 is 30.7 Å². The van der Waals surface area contributed by atoms with E-state index in [-0.39, 0.29) is 25.8 Å². The Balaban J connectivity index is 2.69. The van der Waals surface area contributed by atoms with E-state index in [1.807, 2.05) is 62.4 Å². The SMILES string of the molecule is CCCCCCCCN(C(=O)C(CCC(N)=O)NC(=O)OC(C)(C)C)C(C(=O)NC(Cc1ccccc1)C(=O)OC(C)(C)C)c1cc(C)cc(C)c1. The molecule has 0 saturated heterocycles. The predicted molar refractivity (Wildman–Crippen MR) is 203 cm³/mol. The zero-order chi connectivity index (χ0) is 39.1. The molecule has 11 heteroatoms.